The number of carboxylic acids is 1. The van der Waals surface area contributed by atoms with Gasteiger partial charge in [-0.3, -0.25) is 14.9 Å². The highest BCUT2D eigenvalue weighted by Gasteiger charge is 2.22. The van der Waals surface area contributed by atoms with Crippen molar-refractivity contribution in [3.8, 4) is 45.5 Å². The first-order valence-corrected chi connectivity index (χ1v) is 16.8. The van der Waals surface area contributed by atoms with Crippen LogP contribution in [0.25, 0.3) is 39.0 Å². The third kappa shape index (κ3) is 7.47. The van der Waals surface area contributed by atoms with Gasteiger partial charge in [-0.1, -0.05) is 48.0 Å². The number of methoxy groups -OCH3 is 3. The normalized spacial score (nSPS) is 14.8. The highest BCUT2D eigenvalue weighted by atomic mass is 35.5. The number of benzene rings is 3. The lowest BCUT2D eigenvalue weighted by molar-refractivity contribution is -0.140. The average Bonchev–Trinajstić information content (AvgIpc) is 3.77. The van der Waals surface area contributed by atoms with Gasteiger partial charge in [0, 0.05) is 66.3 Å². The topological polar surface area (TPSA) is 169 Å². The number of carbonyl (C=O) groups excluding carboxylic acids is 1. The lowest BCUT2D eigenvalue weighted by Gasteiger charge is -2.18. The van der Waals surface area contributed by atoms with Crippen LogP contribution in [-0.4, -0.2) is 83.4 Å². The van der Waals surface area contributed by atoms with Crippen molar-refractivity contribution < 1.29 is 34.0 Å². The van der Waals surface area contributed by atoms with E-state index >= 15 is 0 Å². The quantitative estimate of drug-likeness (QED) is 0.105. The second-order valence-corrected chi connectivity index (χ2v) is 12.4. The van der Waals surface area contributed by atoms with Gasteiger partial charge in [0.05, 0.1) is 61.6 Å². The number of halogens is 1. The van der Waals surface area contributed by atoms with Crippen LogP contribution >= 0.6 is 11.6 Å². The van der Waals surface area contributed by atoms with E-state index in [1.165, 1.54) is 14.2 Å². The van der Waals surface area contributed by atoms with E-state index in [9.17, 15) is 19.8 Å². The third-order valence-electron chi connectivity index (χ3n) is 8.95. The van der Waals surface area contributed by atoms with Gasteiger partial charge in [-0.2, -0.15) is 5.10 Å². The molecule has 3 heterocycles. The first kappa shape index (κ1) is 35.6. The van der Waals surface area contributed by atoms with Crippen LogP contribution in [0.5, 0.6) is 17.4 Å². The number of carboxylic acid groups (broad SMARTS) is 1. The van der Waals surface area contributed by atoms with Gasteiger partial charge >= 0.3 is 5.97 Å². The van der Waals surface area contributed by atoms with Gasteiger partial charge in [0.2, 0.25) is 11.8 Å². The number of pyridine rings is 1. The van der Waals surface area contributed by atoms with Crippen LogP contribution in [0.2, 0.25) is 5.02 Å². The SMILES string of the molecule is COc1cc(-n2ncc3c(-c4cccc(-c5ccc(CNC[C@@H]6CCC(=O)N6)c(OC)n5)c4Cl)cccc32)cc(OC)c1CN[C@H](CO)C(=O)O. The van der Waals surface area contributed by atoms with Crippen LogP contribution < -0.4 is 30.2 Å². The molecule has 3 aromatic carbocycles. The lowest BCUT2D eigenvalue weighted by atomic mass is 9.98. The molecule has 51 heavy (non-hydrogen) atoms. The van der Waals surface area contributed by atoms with Crippen LogP contribution in [0.4, 0.5) is 0 Å². The molecule has 14 heteroatoms. The molecule has 6 rings (SSSR count). The number of aliphatic hydroxyl groups is 1. The average molecular weight is 715 g/mol. The number of rotatable bonds is 15. The molecule has 5 N–H and O–H groups in total. The summed E-state index contributed by atoms with van der Waals surface area (Å²) in [6, 6.07) is 18.2. The van der Waals surface area contributed by atoms with Crippen molar-refractivity contribution in [3.05, 3.63) is 83.0 Å². The monoisotopic (exact) mass is 714 g/mol. The molecule has 1 aliphatic heterocycles. The zero-order chi connectivity index (χ0) is 36.1. The Labute approximate surface area is 299 Å². The molecule has 0 radical (unpaired) electrons. The number of aromatic nitrogens is 3. The summed E-state index contributed by atoms with van der Waals surface area (Å²) < 4.78 is 18.8. The summed E-state index contributed by atoms with van der Waals surface area (Å²) in [5.41, 5.74) is 6.05. The molecular weight excluding hydrogens is 676 g/mol. The van der Waals surface area contributed by atoms with Crippen molar-refractivity contribution in [2.24, 2.45) is 0 Å². The summed E-state index contributed by atoms with van der Waals surface area (Å²) in [6.45, 7) is 0.724. The molecule has 1 saturated heterocycles. The number of hydrogen-bond acceptors (Lipinski definition) is 10. The van der Waals surface area contributed by atoms with E-state index in [2.05, 4.69) is 16.0 Å². The van der Waals surface area contributed by atoms with E-state index in [1.54, 1.807) is 30.1 Å². The Morgan fingerprint density at radius 1 is 1.02 bits per heavy atom. The van der Waals surface area contributed by atoms with Crippen LogP contribution in [0, 0.1) is 0 Å². The number of ether oxygens (including phenoxy) is 3. The van der Waals surface area contributed by atoms with Crippen LogP contribution in [0.3, 0.4) is 0 Å². The Bertz CT molecular complexity index is 2040. The Morgan fingerprint density at radius 2 is 1.75 bits per heavy atom. The van der Waals surface area contributed by atoms with Gasteiger partial charge in [-0.15, -0.1) is 0 Å². The maximum Gasteiger partial charge on any atom is 0.323 e. The van der Waals surface area contributed by atoms with E-state index in [4.69, 9.17) is 35.9 Å². The minimum Gasteiger partial charge on any atom is -0.496 e. The number of amides is 1. The van der Waals surface area contributed by atoms with Crippen molar-refractivity contribution in [1.29, 1.82) is 0 Å². The molecule has 1 fully saturated rings. The fourth-order valence-electron chi connectivity index (χ4n) is 6.29. The molecular formula is C37H39ClN6O7. The Balaban J connectivity index is 1.29. The van der Waals surface area contributed by atoms with Crippen molar-refractivity contribution in [2.45, 2.75) is 38.0 Å². The molecule has 0 spiro atoms. The first-order chi connectivity index (χ1) is 24.8. The zero-order valence-electron chi connectivity index (χ0n) is 28.4. The van der Waals surface area contributed by atoms with Gasteiger partial charge < -0.3 is 35.1 Å². The Morgan fingerprint density at radius 3 is 2.41 bits per heavy atom. The number of carbonyl (C=O) groups is 2. The summed E-state index contributed by atoms with van der Waals surface area (Å²) in [7, 11) is 4.63. The van der Waals surface area contributed by atoms with Gasteiger partial charge in [-0.05, 0) is 24.1 Å². The van der Waals surface area contributed by atoms with Gasteiger partial charge in [-0.25, -0.2) is 9.67 Å². The summed E-state index contributed by atoms with van der Waals surface area (Å²) in [4.78, 5) is 27.7. The van der Waals surface area contributed by atoms with Crippen LogP contribution in [-0.2, 0) is 22.7 Å². The molecule has 0 aliphatic carbocycles. The second-order valence-electron chi connectivity index (χ2n) is 12.0. The predicted molar refractivity (Wildman–Crippen MR) is 193 cm³/mol. The fraction of sp³-hybridized carbons (Fsp3) is 0.297. The van der Waals surface area contributed by atoms with Gasteiger partial charge in [0.25, 0.3) is 0 Å². The Hall–Kier alpha value is -5.21. The fourth-order valence-corrected chi connectivity index (χ4v) is 6.62. The highest BCUT2D eigenvalue weighted by Crippen LogP contribution is 2.40. The number of nitrogens with one attached hydrogen (secondary N) is 3. The van der Waals surface area contributed by atoms with Gasteiger partial charge in [0.15, 0.2) is 0 Å². The highest BCUT2D eigenvalue weighted by molar-refractivity contribution is 6.36. The van der Waals surface area contributed by atoms with E-state index in [0.717, 1.165) is 39.6 Å². The Kier molecular flexibility index (Phi) is 11.0. The van der Waals surface area contributed by atoms with E-state index in [1.807, 2.05) is 48.5 Å². The maximum absolute atomic E-state index is 11.5. The summed E-state index contributed by atoms with van der Waals surface area (Å²) in [6.07, 6.45) is 3.16. The number of hydrogen-bond donors (Lipinski definition) is 5. The third-order valence-corrected chi connectivity index (χ3v) is 9.35. The molecule has 0 saturated carbocycles. The van der Waals surface area contributed by atoms with E-state index in [-0.39, 0.29) is 18.5 Å². The number of aliphatic hydroxyl groups excluding tert-OH is 1. The minimum atomic E-state index is -1.16. The van der Waals surface area contributed by atoms with Gasteiger partial charge in [0.1, 0.15) is 17.5 Å². The first-order valence-electron chi connectivity index (χ1n) is 16.4. The number of nitrogens with zero attached hydrogens (tertiary/aromatic N) is 3. The lowest BCUT2D eigenvalue weighted by Crippen LogP contribution is -2.39. The van der Waals surface area contributed by atoms with E-state index < -0.39 is 18.6 Å². The number of aliphatic carboxylic acids is 1. The van der Waals surface area contributed by atoms with Crippen molar-refractivity contribution >= 4 is 34.4 Å². The maximum atomic E-state index is 11.5. The largest absolute Gasteiger partial charge is 0.496 e. The smallest absolute Gasteiger partial charge is 0.323 e. The second kappa shape index (κ2) is 15.8. The molecule has 2 atom stereocenters. The molecule has 0 bridgehead atoms. The van der Waals surface area contributed by atoms with E-state index in [0.29, 0.717) is 58.9 Å². The van der Waals surface area contributed by atoms with Crippen molar-refractivity contribution in [1.82, 2.24) is 30.7 Å². The molecule has 1 aliphatic rings. The van der Waals surface area contributed by atoms with Crippen LogP contribution in [0.1, 0.15) is 24.0 Å². The zero-order valence-corrected chi connectivity index (χ0v) is 29.2. The molecule has 266 valence electrons. The molecule has 1 amide bonds. The molecule has 5 aromatic rings. The molecule has 13 nitrogen and oxygen atoms in total. The summed E-state index contributed by atoms with van der Waals surface area (Å²) in [5.74, 6) is 0.332. The molecule has 0 unspecified atom stereocenters. The minimum absolute atomic E-state index is 0.0879. The number of fused-ring (bicyclic) bond motifs is 1. The van der Waals surface area contributed by atoms with Crippen LogP contribution in [0.15, 0.2) is 66.9 Å². The van der Waals surface area contributed by atoms with Crippen molar-refractivity contribution in [2.75, 3.05) is 34.5 Å². The summed E-state index contributed by atoms with van der Waals surface area (Å²) in [5, 5.41) is 34.1. The molecule has 2 aromatic heterocycles. The predicted octanol–water partition coefficient (Wildman–Crippen LogP) is 4.34. The summed E-state index contributed by atoms with van der Waals surface area (Å²) >= 11 is 7.14. The van der Waals surface area contributed by atoms with Crippen molar-refractivity contribution in [3.63, 3.8) is 0 Å². The standard InChI is InChI=1S/C37H39ClN6O7/c1-49-32-14-23(15-33(50-2)28(32)18-40-30(20-45)37(47)48)44-31-9-5-6-24(27(31)19-41-44)25-7-4-8-26(35(25)38)29-12-10-21(36(43-29)51-3)16-39-17-22-11-13-34(46)42-22/h4-10,12,14-15,19,22,30,39-40,45H,11,13,16-18,20H2,1-3H3,(H,42,46)(H,47,48)/t22-,30+/m0/s1.